The van der Waals surface area contributed by atoms with Crippen molar-refractivity contribution in [2.45, 2.75) is 46.2 Å². The minimum Gasteiger partial charge on any atom is -0.463 e. The van der Waals surface area contributed by atoms with Crippen molar-refractivity contribution >= 4 is 18.0 Å². The lowest BCUT2D eigenvalue weighted by Gasteiger charge is -2.42. The van der Waals surface area contributed by atoms with Gasteiger partial charge < -0.3 is 20.3 Å². The molecular formula is C25H36FN5O4. The van der Waals surface area contributed by atoms with Gasteiger partial charge in [-0.05, 0) is 44.9 Å². The Labute approximate surface area is 206 Å². The predicted molar refractivity (Wildman–Crippen MR) is 130 cm³/mol. The number of piperazine rings is 1. The van der Waals surface area contributed by atoms with Gasteiger partial charge >= 0.3 is 18.0 Å². The molecule has 2 atom stereocenters. The Hall–Kier alpha value is -3.14. The van der Waals surface area contributed by atoms with Crippen molar-refractivity contribution in [3.63, 3.8) is 0 Å². The molecule has 2 heterocycles. The zero-order valence-corrected chi connectivity index (χ0v) is 21.0. The number of esters is 1. The van der Waals surface area contributed by atoms with Crippen LogP contribution in [0.1, 0.15) is 45.7 Å². The van der Waals surface area contributed by atoms with Gasteiger partial charge in [-0.1, -0.05) is 19.1 Å². The van der Waals surface area contributed by atoms with Crippen LogP contribution in [0.2, 0.25) is 0 Å². The zero-order chi connectivity index (χ0) is 25.5. The van der Waals surface area contributed by atoms with E-state index >= 15 is 0 Å². The number of rotatable bonds is 8. The SMILES string of the molecule is CCCNC(=O)N1CCN(CC2=C(C(=O)OCC)[C@@H](c3cccc(F)c3)NC(=O)N2CC)C[C@@H]1C. The smallest absolute Gasteiger partial charge is 0.338 e. The zero-order valence-electron chi connectivity index (χ0n) is 21.0. The van der Waals surface area contributed by atoms with Gasteiger partial charge in [0.15, 0.2) is 0 Å². The van der Waals surface area contributed by atoms with Crippen LogP contribution in [-0.4, -0.2) is 84.6 Å². The third-order valence-electron chi connectivity index (χ3n) is 6.30. The summed E-state index contributed by atoms with van der Waals surface area (Å²) in [6.45, 7) is 10.7. The maximum absolute atomic E-state index is 14.0. The van der Waals surface area contributed by atoms with Gasteiger partial charge in [-0.2, -0.15) is 0 Å². The molecule has 4 amide bonds. The highest BCUT2D eigenvalue weighted by molar-refractivity contribution is 5.95. The second-order valence-electron chi connectivity index (χ2n) is 8.77. The number of halogens is 1. The fourth-order valence-electron chi connectivity index (χ4n) is 4.62. The summed E-state index contributed by atoms with van der Waals surface area (Å²) in [6.07, 6.45) is 0.867. The van der Waals surface area contributed by atoms with Crippen molar-refractivity contribution in [3.05, 3.63) is 46.9 Å². The third kappa shape index (κ3) is 6.11. The van der Waals surface area contributed by atoms with Gasteiger partial charge in [0.2, 0.25) is 0 Å². The third-order valence-corrected chi connectivity index (χ3v) is 6.30. The average Bonchev–Trinajstić information content (AvgIpc) is 2.82. The van der Waals surface area contributed by atoms with E-state index in [-0.39, 0.29) is 24.7 Å². The van der Waals surface area contributed by atoms with Crippen LogP contribution < -0.4 is 10.6 Å². The molecule has 9 nitrogen and oxygen atoms in total. The van der Waals surface area contributed by atoms with Crippen LogP contribution in [0.25, 0.3) is 0 Å². The number of carbonyl (C=O) groups is 3. The highest BCUT2D eigenvalue weighted by Crippen LogP contribution is 2.32. The van der Waals surface area contributed by atoms with Crippen molar-refractivity contribution in [1.82, 2.24) is 25.3 Å². The molecule has 1 fully saturated rings. The van der Waals surface area contributed by atoms with Gasteiger partial charge in [-0.3, -0.25) is 9.80 Å². The average molecular weight is 490 g/mol. The first-order valence-corrected chi connectivity index (χ1v) is 12.3. The van der Waals surface area contributed by atoms with Crippen molar-refractivity contribution in [1.29, 1.82) is 0 Å². The number of benzene rings is 1. The van der Waals surface area contributed by atoms with Gasteiger partial charge in [0.25, 0.3) is 0 Å². The summed E-state index contributed by atoms with van der Waals surface area (Å²) in [5.74, 6) is -0.994. The fourth-order valence-corrected chi connectivity index (χ4v) is 4.62. The fraction of sp³-hybridized carbons (Fsp3) is 0.560. The van der Waals surface area contributed by atoms with Crippen LogP contribution in [-0.2, 0) is 9.53 Å². The number of urea groups is 2. The number of ether oxygens (including phenoxy) is 1. The molecule has 0 bridgehead atoms. The summed E-state index contributed by atoms with van der Waals surface area (Å²) in [6, 6.07) is 4.57. The number of amides is 4. The van der Waals surface area contributed by atoms with Crippen molar-refractivity contribution < 1.29 is 23.5 Å². The molecule has 2 aliphatic rings. The first-order chi connectivity index (χ1) is 16.8. The lowest BCUT2D eigenvalue weighted by atomic mass is 9.94. The van der Waals surface area contributed by atoms with Crippen LogP contribution in [0, 0.1) is 5.82 Å². The quantitative estimate of drug-likeness (QED) is 0.548. The van der Waals surface area contributed by atoms with Crippen molar-refractivity contribution in [3.8, 4) is 0 Å². The summed E-state index contributed by atoms with van der Waals surface area (Å²) >= 11 is 0. The molecule has 0 aromatic heterocycles. The molecule has 0 spiro atoms. The van der Waals surface area contributed by atoms with E-state index in [9.17, 15) is 18.8 Å². The molecule has 1 aromatic rings. The summed E-state index contributed by atoms with van der Waals surface area (Å²) in [4.78, 5) is 44.2. The molecule has 1 saturated heterocycles. The molecule has 0 saturated carbocycles. The molecule has 0 aliphatic carbocycles. The normalized spacial score (nSPS) is 21.1. The van der Waals surface area contributed by atoms with Crippen LogP contribution in [0.4, 0.5) is 14.0 Å². The lowest BCUT2D eigenvalue weighted by Crippen LogP contribution is -2.58. The van der Waals surface area contributed by atoms with Gasteiger partial charge in [-0.25, -0.2) is 18.8 Å². The summed E-state index contributed by atoms with van der Waals surface area (Å²) < 4.78 is 19.4. The first-order valence-electron chi connectivity index (χ1n) is 12.3. The standard InChI is InChI=1S/C25H36FN5O4/c1-5-11-27-24(33)31-13-12-29(15-17(31)4)16-20-21(23(32)35-7-3)22(28-25(34)30(20)6-2)18-9-8-10-19(26)14-18/h8-10,14,17,22H,5-7,11-13,15-16H2,1-4H3,(H,27,33)(H,28,34)/t17-,22+/m0/s1. The second-order valence-corrected chi connectivity index (χ2v) is 8.77. The Morgan fingerprint density at radius 3 is 2.63 bits per heavy atom. The van der Waals surface area contributed by atoms with E-state index in [2.05, 4.69) is 15.5 Å². The minimum absolute atomic E-state index is 0.0428. The monoisotopic (exact) mass is 489 g/mol. The summed E-state index contributed by atoms with van der Waals surface area (Å²) in [5.41, 5.74) is 1.31. The molecule has 0 radical (unpaired) electrons. The highest BCUT2D eigenvalue weighted by Gasteiger charge is 2.39. The Balaban J connectivity index is 1.93. The number of likely N-dealkylation sites (N-methyl/N-ethyl adjacent to an activating group) is 1. The van der Waals surface area contributed by atoms with Gasteiger partial charge in [0, 0.05) is 51.0 Å². The highest BCUT2D eigenvalue weighted by atomic mass is 19.1. The van der Waals surface area contributed by atoms with Gasteiger partial charge in [-0.15, -0.1) is 0 Å². The molecular weight excluding hydrogens is 453 g/mol. The first kappa shape index (κ1) is 26.5. The molecule has 2 N–H and O–H groups in total. The Kier molecular flexibility index (Phi) is 9.08. The Bertz CT molecular complexity index is 969. The van der Waals surface area contributed by atoms with E-state index < -0.39 is 17.8 Å². The van der Waals surface area contributed by atoms with Crippen molar-refractivity contribution in [2.75, 3.05) is 45.9 Å². The van der Waals surface area contributed by atoms with Crippen LogP contribution in [0.3, 0.4) is 0 Å². The second kappa shape index (κ2) is 12.0. The maximum Gasteiger partial charge on any atom is 0.338 e. The molecule has 10 heteroatoms. The Morgan fingerprint density at radius 1 is 1.23 bits per heavy atom. The maximum atomic E-state index is 14.0. The molecule has 0 unspecified atom stereocenters. The van der Waals surface area contributed by atoms with Gasteiger partial charge in [0.1, 0.15) is 5.82 Å². The number of hydrogen-bond acceptors (Lipinski definition) is 5. The molecule has 2 aliphatic heterocycles. The topological polar surface area (TPSA) is 94.2 Å². The van der Waals surface area contributed by atoms with E-state index in [1.165, 1.54) is 17.0 Å². The molecule has 35 heavy (non-hydrogen) atoms. The van der Waals surface area contributed by atoms with E-state index in [0.29, 0.717) is 56.1 Å². The minimum atomic E-state index is -0.825. The van der Waals surface area contributed by atoms with Crippen LogP contribution >= 0.6 is 0 Å². The number of hydrogen-bond donors (Lipinski definition) is 2. The lowest BCUT2D eigenvalue weighted by molar-refractivity contribution is -0.139. The molecule has 3 rings (SSSR count). The van der Waals surface area contributed by atoms with Crippen LogP contribution in [0.5, 0.6) is 0 Å². The van der Waals surface area contributed by atoms with E-state index in [4.69, 9.17) is 4.74 Å². The van der Waals surface area contributed by atoms with Crippen molar-refractivity contribution in [2.24, 2.45) is 0 Å². The summed E-state index contributed by atoms with van der Waals surface area (Å²) in [7, 11) is 0. The van der Waals surface area contributed by atoms with E-state index in [0.717, 1.165) is 6.42 Å². The molecule has 1 aromatic carbocycles. The van der Waals surface area contributed by atoms with E-state index in [1.807, 2.05) is 25.7 Å². The largest absolute Gasteiger partial charge is 0.463 e. The Morgan fingerprint density at radius 2 is 2.00 bits per heavy atom. The predicted octanol–water partition coefficient (Wildman–Crippen LogP) is 2.85. The number of carbonyl (C=O) groups excluding carboxylic acids is 3. The number of nitrogens with zero attached hydrogens (tertiary/aromatic N) is 3. The number of nitrogens with one attached hydrogen (secondary N) is 2. The summed E-state index contributed by atoms with van der Waals surface area (Å²) in [5, 5.41) is 5.77. The van der Waals surface area contributed by atoms with Crippen LogP contribution in [0.15, 0.2) is 35.5 Å². The van der Waals surface area contributed by atoms with Gasteiger partial charge in [0.05, 0.1) is 18.2 Å². The van der Waals surface area contributed by atoms with E-state index in [1.54, 1.807) is 19.1 Å². The molecule has 192 valence electrons.